The molecule has 0 radical (unpaired) electrons. The summed E-state index contributed by atoms with van der Waals surface area (Å²) in [6, 6.07) is 3.81. The van der Waals surface area contributed by atoms with Crippen LogP contribution in [0.3, 0.4) is 0 Å². The third-order valence-electron chi connectivity index (χ3n) is 2.59. The van der Waals surface area contributed by atoms with Crippen LogP contribution in [0.4, 0.5) is 4.39 Å². The van der Waals surface area contributed by atoms with E-state index in [2.05, 4.69) is 10.6 Å². The molecule has 0 bridgehead atoms. The molecule has 1 amide bonds. The smallest absolute Gasteiger partial charge is 0.221 e. The van der Waals surface area contributed by atoms with Gasteiger partial charge in [-0.05, 0) is 24.1 Å². The van der Waals surface area contributed by atoms with Gasteiger partial charge in [-0.25, -0.2) is 4.39 Å². The van der Waals surface area contributed by atoms with Gasteiger partial charge in [-0.15, -0.1) is 0 Å². The summed E-state index contributed by atoms with van der Waals surface area (Å²) < 4.78 is 13.0. The summed E-state index contributed by atoms with van der Waals surface area (Å²) in [5, 5.41) is 15.3. The van der Waals surface area contributed by atoms with Crippen LogP contribution in [0.2, 0.25) is 0 Å². The Kier molecular flexibility index (Phi) is 6.29. The second kappa shape index (κ2) is 7.74. The van der Waals surface area contributed by atoms with Crippen molar-refractivity contribution >= 4 is 5.91 Å². The minimum atomic E-state index is -0.385. The number of nitrogens with one attached hydrogen (secondary N) is 2. The fourth-order valence-corrected chi connectivity index (χ4v) is 1.53. The third kappa shape index (κ3) is 6.20. The second-order valence-electron chi connectivity index (χ2n) is 4.90. The number of carbonyl (C=O) groups excluding carboxylic acids is 1. The number of aromatic hydroxyl groups is 1. The van der Waals surface area contributed by atoms with Crippen LogP contribution < -0.4 is 10.6 Å². The van der Waals surface area contributed by atoms with Gasteiger partial charge >= 0.3 is 0 Å². The van der Waals surface area contributed by atoms with Crippen LogP contribution in [0, 0.1) is 11.7 Å². The van der Waals surface area contributed by atoms with E-state index < -0.39 is 0 Å². The highest BCUT2D eigenvalue weighted by Gasteiger charge is 2.04. The van der Waals surface area contributed by atoms with Crippen molar-refractivity contribution in [1.82, 2.24) is 10.6 Å². The van der Waals surface area contributed by atoms with E-state index >= 15 is 0 Å². The fraction of sp³-hybridized carbons (Fsp3) is 0.500. The molecule has 1 aromatic carbocycles. The molecule has 106 valence electrons. The lowest BCUT2D eigenvalue weighted by molar-refractivity contribution is -0.121. The number of amides is 1. The summed E-state index contributed by atoms with van der Waals surface area (Å²) in [5.41, 5.74) is 0.489. The lowest BCUT2D eigenvalue weighted by atomic mass is 10.2. The lowest BCUT2D eigenvalue weighted by Crippen LogP contribution is -2.30. The average molecular weight is 268 g/mol. The summed E-state index contributed by atoms with van der Waals surface area (Å²) in [6.07, 6.45) is 0.364. The Labute approximate surface area is 113 Å². The monoisotopic (exact) mass is 268 g/mol. The summed E-state index contributed by atoms with van der Waals surface area (Å²) in [5.74, 6) is 0.0910. The lowest BCUT2D eigenvalue weighted by Gasteiger charge is -2.09. The van der Waals surface area contributed by atoms with Gasteiger partial charge in [0.1, 0.15) is 11.6 Å². The fourth-order valence-electron chi connectivity index (χ4n) is 1.53. The first-order valence-electron chi connectivity index (χ1n) is 6.44. The number of carbonyl (C=O) groups is 1. The van der Waals surface area contributed by atoms with Gasteiger partial charge in [0.15, 0.2) is 0 Å². The topological polar surface area (TPSA) is 61.4 Å². The Morgan fingerprint density at radius 3 is 2.84 bits per heavy atom. The van der Waals surface area contributed by atoms with E-state index in [1.807, 2.05) is 13.8 Å². The highest BCUT2D eigenvalue weighted by Crippen LogP contribution is 2.17. The highest BCUT2D eigenvalue weighted by atomic mass is 19.1. The van der Waals surface area contributed by atoms with Crippen molar-refractivity contribution in [2.45, 2.75) is 26.8 Å². The predicted molar refractivity (Wildman–Crippen MR) is 72.2 cm³/mol. The summed E-state index contributed by atoms with van der Waals surface area (Å²) in [6.45, 7) is 5.56. The summed E-state index contributed by atoms with van der Waals surface area (Å²) >= 11 is 0. The normalized spacial score (nSPS) is 10.7. The second-order valence-corrected chi connectivity index (χ2v) is 4.90. The van der Waals surface area contributed by atoms with E-state index in [1.54, 1.807) is 0 Å². The first-order chi connectivity index (χ1) is 8.99. The van der Waals surface area contributed by atoms with Gasteiger partial charge in [-0.2, -0.15) is 0 Å². The maximum atomic E-state index is 13.0. The molecule has 0 aliphatic rings. The molecule has 0 atom stereocenters. The Hall–Kier alpha value is -1.62. The van der Waals surface area contributed by atoms with Gasteiger partial charge in [0.05, 0.1) is 0 Å². The van der Waals surface area contributed by atoms with Crippen LogP contribution in [0.1, 0.15) is 25.8 Å². The van der Waals surface area contributed by atoms with Crippen LogP contribution in [-0.4, -0.2) is 24.1 Å². The molecule has 0 saturated heterocycles. The van der Waals surface area contributed by atoms with Gasteiger partial charge in [-0.3, -0.25) is 4.79 Å². The van der Waals surface area contributed by atoms with Crippen molar-refractivity contribution in [3.05, 3.63) is 29.6 Å². The molecule has 5 heteroatoms. The van der Waals surface area contributed by atoms with Crippen molar-refractivity contribution in [3.63, 3.8) is 0 Å². The molecular formula is C14H21FN2O2. The molecule has 4 nitrogen and oxygen atoms in total. The van der Waals surface area contributed by atoms with E-state index in [0.29, 0.717) is 37.5 Å². The van der Waals surface area contributed by atoms with E-state index in [1.165, 1.54) is 18.2 Å². The largest absolute Gasteiger partial charge is 0.508 e. The summed E-state index contributed by atoms with van der Waals surface area (Å²) in [4.78, 5) is 11.4. The van der Waals surface area contributed by atoms with Crippen LogP contribution in [0.15, 0.2) is 18.2 Å². The quantitative estimate of drug-likeness (QED) is 0.661. The molecule has 0 aliphatic carbocycles. The number of phenols is 1. The summed E-state index contributed by atoms with van der Waals surface area (Å²) in [7, 11) is 0. The van der Waals surface area contributed by atoms with Gasteiger partial charge in [0, 0.05) is 31.6 Å². The first-order valence-corrected chi connectivity index (χ1v) is 6.44. The minimum absolute atomic E-state index is 0.00957. The molecule has 1 aromatic rings. The van der Waals surface area contributed by atoms with Crippen LogP contribution in [-0.2, 0) is 11.3 Å². The van der Waals surface area contributed by atoms with Crippen molar-refractivity contribution in [3.8, 4) is 5.75 Å². The molecule has 0 heterocycles. The zero-order chi connectivity index (χ0) is 14.3. The number of phenolic OH excluding ortho intramolecular Hbond substituents is 1. The van der Waals surface area contributed by atoms with Gasteiger partial charge in [0.2, 0.25) is 5.91 Å². The average Bonchev–Trinajstić information content (AvgIpc) is 2.36. The molecule has 0 aliphatic heterocycles. The molecule has 1 rings (SSSR count). The van der Waals surface area contributed by atoms with Crippen LogP contribution >= 0.6 is 0 Å². The number of halogens is 1. The van der Waals surface area contributed by atoms with Crippen molar-refractivity contribution in [2.75, 3.05) is 13.1 Å². The number of rotatable bonds is 7. The van der Waals surface area contributed by atoms with Crippen LogP contribution in [0.5, 0.6) is 5.75 Å². The number of hydrogen-bond donors (Lipinski definition) is 3. The molecule has 3 N–H and O–H groups in total. The third-order valence-corrected chi connectivity index (χ3v) is 2.59. The van der Waals surface area contributed by atoms with Crippen molar-refractivity contribution in [1.29, 1.82) is 0 Å². The van der Waals surface area contributed by atoms with Crippen LogP contribution in [0.25, 0.3) is 0 Å². The van der Waals surface area contributed by atoms with E-state index in [4.69, 9.17) is 0 Å². The van der Waals surface area contributed by atoms with E-state index in [9.17, 15) is 14.3 Å². The number of benzene rings is 1. The molecule has 0 saturated carbocycles. The highest BCUT2D eigenvalue weighted by molar-refractivity contribution is 5.76. The number of hydrogen-bond acceptors (Lipinski definition) is 3. The molecule has 0 fully saturated rings. The van der Waals surface area contributed by atoms with E-state index in [0.717, 1.165) is 0 Å². The van der Waals surface area contributed by atoms with Crippen molar-refractivity contribution < 1.29 is 14.3 Å². The predicted octanol–water partition coefficient (Wildman–Crippen LogP) is 1.78. The maximum absolute atomic E-state index is 13.0. The van der Waals surface area contributed by atoms with Gasteiger partial charge < -0.3 is 15.7 Å². The molecule has 0 spiro atoms. The molecule has 19 heavy (non-hydrogen) atoms. The Balaban J connectivity index is 2.23. The van der Waals surface area contributed by atoms with E-state index in [-0.39, 0.29) is 17.5 Å². The minimum Gasteiger partial charge on any atom is -0.508 e. The molecule has 0 unspecified atom stereocenters. The Morgan fingerprint density at radius 1 is 1.42 bits per heavy atom. The Morgan fingerprint density at radius 2 is 2.16 bits per heavy atom. The van der Waals surface area contributed by atoms with Gasteiger partial charge in [0.25, 0.3) is 0 Å². The zero-order valence-corrected chi connectivity index (χ0v) is 11.4. The Bertz CT molecular complexity index is 422. The standard InChI is InChI=1S/C14H21FN2O2/c1-10(2)8-17-14(19)5-6-16-9-11-7-12(15)3-4-13(11)18/h3-4,7,10,16,18H,5-6,8-9H2,1-2H3,(H,17,19). The molecular weight excluding hydrogens is 247 g/mol. The molecule has 0 aromatic heterocycles. The first kappa shape index (κ1) is 15.4. The van der Waals surface area contributed by atoms with Crippen molar-refractivity contribution in [2.24, 2.45) is 5.92 Å². The SMILES string of the molecule is CC(C)CNC(=O)CCNCc1cc(F)ccc1O. The zero-order valence-electron chi connectivity index (χ0n) is 11.4. The van der Waals surface area contributed by atoms with Gasteiger partial charge in [-0.1, -0.05) is 13.8 Å². The maximum Gasteiger partial charge on any atom is 0.221 e.